The van der Waals surface area contributed by atoms with Crippen LogP contribution in [0.1, 0.15) is 23.2 Å². The Balaban J connectivity index is 1.81. The predicted molar refractivity (Wildman–Crippen MR) is 75.4 cm³/mol. The van der Waals surface area contributed by atoms with Gasteiger partial charge in [-0.25, -0.2) is 4.39 Å². The molecule has 1 saturated heterocycles. The summed E-state index contributed by atoms with van der Waals surface area (Å²) in [7, 11) is 0. The van der Waals surface area contributed by atoms with Crippen LogP contribution < -0.4 is 5.32 Å². The molecule has 0 aliphatic carbocycles. The van der Waals surface area contributed by atoms with E-state index in [1.54, 1.807) is 6.07 Å². The van der Waals surface area contributed by atoms with Gasteiger partial charge in [-0.15, -0.1) is 0 Å². The SMILES string of the molecule is O=C(NC1CCN(CC(O)C(F)(F)F)CC1)c1ccccc1F. The summed E-state index contributed by atoms with van der Waals surface area (Å²) in [6, 6.07) is 5.38. The van der Waals surface area contributed by atoms with Crippen LogP contribution in [0.2, 0.25) is 0 Å². The van der Waals surface area contributed by atoms with Gasteiger partial charge in [0.05, 0.1) is 5.56 Å². The van der Waals surface area contributed by atoms with Crippen molar-refractivity contribution in [3.8, 4) is 0 Å². The number of aliphatic hydroxyl groups is 1. The van der Waals surface area contributed by atoms with E-state index in [0.29, 0.717) is 25.9 Å². The number of benzene rings is 1. The Morgan fingerprint density at radius 3 is 2.48 bits per heavy atom. The number of carbonyl (C=O) groups is 1. The first-order valence-corrected chi connectivity index (χ1v) is 7.30. The van der Waals surface area contributed by atoms with E-state index < -0.39 is 30.5 Å². The molecule has 4 nitrogen and oxygen atoms in total. The van der Waals surface area contributed by atoms with Crippen LogP contribution in [-0.2, 0) is 0 Å². The molecule has 1 fully saturated rings. The summed E-state index contributed by atoms with van der Waals surface area (Å²) in [5.41, 5.74) is -0.0533. The second-order valence-corrected chi connectivity index (χ2v) is 5.59. The zero-order chi connectivity index (χ0) is 17.0. The minimum atomic E-state index is -4.63. The molecule has 0 spiro atoms. The number of likely N-dealkylation sites (tertiary alicyclic amines) is 1. The molecule has 128 valence electrons. The molecule has 1 amide bonds. The van der Waals surface area contributed by atoms with E-state index in [2.05, 4.69) is 5.32 Å². The van der Waals surface area contributed by atoms with Gasteiger partial charge in [-0.2, -0.15) is 13.2 Å². The maximum absolute atomic E-state index is 13.5. The van der Waals surface area contributed by atoms with E-state index in [1.807, 2.05) is 0 Å². The van der Waals surface area contributed by atoms with Gasteiger partial charge in [-0.05, 0) is 25.0 Å². The van der Waals surface area contributed by atoms with Crippen molar-refractivity contribution in [1.29, 1.82) is 0 Å². The largest absolute Gasteiger partial charge is 0.415 e. The van der Waals surface area contributed by atoms with E-state index in [0.717, 1.165) is 0 Å². The number of rotatable bonds is 4. The lowest BCUT2D eigenvalue weighted by atomic mass is 10.0. The van der Waals surface area contributed by atoms with Gasteiger partial charge >= 0.3 is 6.18 Å². The van der Waals surface area contributed by atoms with E-state index in [9.17, 15) is 22.4 Å². The lowest BCUT2D eigenvalue weighted by Crippen LogP contribution is -2.48. The molecule has 0 radical (unpaired) electrons. The highest BCUT2D eigenvalue weighted by molar-refractivity contribution is 5.94. The number of hydrogen-bond acceptors (Lipinski definition) is 3. The normalized spacial score (nSPS) is 18.7. The summed E-state index contributed by atoms with van der Waals surface area (Å²) in [4.78, 5) is 13.5. The standard InChI is InChI=1S/C15H18F4N2O2/c16-12-4-2-1-3-11(12)14(23)20-10-5-7-21(8-6-10)9-13(22)15(17,18)19/h1-4,10,13,22H,5-9H2,(H,20,23). The first-order valence-electron chi connectivity index (χ1n) is 7.30. The van der Waals surface area contributed by atoms with Gasteiger partial charge in [0.2, 0.25) is 0 Å². The van der Waals surface area contributed by atoms with Crippen molar-refractivity contribution in [2.24, 2.45) is 0 Å². The van der Waals surface area contributed by atoms with Gasteiger partial charge in [-0.1, -0.05) is 12.1 Å². The number of nitrogens with one attached hydrogen (secondary N) is 1. The van der Waals surface area contributed by atoms with Crippen molar-refractivity contribution in [2.75, 3.05) is 19.6 Å². The van der Waals surface area contributed by atoms with Gasteiger partial charge in [0.25, 0.3) is 5.91 Å². The first kappa shape index (κ1) is 17.7. The van der Waals surface area contributed by atoms with Crippen LogP contribution in [0.15, 0.2) is 24.3 Å². The Bertz CT molecular complexity index is 543. The fourth-order valence-corrected chi connectivity index (χ4v) is 2.52. The smallest absolute Gasteiger partial charge is 0.382 e. The molecule has 0 bridgehead atoms. The number of aliphatic hydroxyl groups excluding tert-OH is 1. The number of β-amino-alcohol motifs (C(OH)–C–C–N with tert-alkyl or cyclic N) is 1. The van der Waals surface area contributed by atoms with Crippen molar-refractivity contribution in [2.45, 2.75) is 31.2 Å². The van der Waals surface area contributed by atoms with Crippen LogP contribution in [-0.4, -0.2) is 53.9 Å². The maximum atomic E-state index is 13.5. The lowest BCUT2D eigenvalue weighted by molar-refractivity contribution is -0.208. The van der Waals surface area contributed by atoms with Crippen LogP contribution in [0, 0.1) is 5.82 Å². The summed E-state index contributed by atoms with van der Waals surface area (Å²) in [6.07, 6.45) is -6.10. The molecule has 2 rings (SSSR count). The van der Waals surface area contributed by atoms with Crippen LogP contribution in [0.5, 0.6) is 0 Å². The van der Waals surface area contributed by atoms with Gasteiger partial charge in [-0.3, -0.25) is 4.79 Å². The van der Waals surface area contributed by atoms with E-state index >= 15 is 0 Å². The highest BCUT2D eigenvalue weighted by Gasteiger charge is 2.39. The summed E-state index contributed by atoms with van der Waals surface area (Å²) >= 11 is 0. The Morgan fingerprint density at radius 1 is 1.30 bits per heavy atom. The molecule has 23 heavy (non-hydrogen) atoms. The van der Waals surface area contributed by atoms with Crippen molar-refractivity contribution >= 4 is 5.91 Å². The topological polar surface area (TPSA) is 52.6 Å². The Hall–Kier alpha value is -1.67. The van der Waals surface area contributed by atoms with E-state index in [4.69, 9.17) is 5.11 Å². The Labute approximate surface area is 131 Å². The third-order valence-electron chi connectivity index (χ3n) is 3.85. The zero-order valence-corrected chi connectivity index (χ0v) is 12.3. The molecule has 1 unspecified atom stereocenters. The second kappa shape index (κ2) is 7.27. The summed E-state index contributed by atoms with van der Waals surface area (Å²) in [5.74, 6) is -1.15. The third-order valence-corrected chi connectivity index (χ3v) is 3.85. The first-order chi connectivity index (χ1) is 10.8. The summed E-state index contributed by atoms with van der Waals surface area (Å²) < 4.78 is 50.4. The van der Waals surface area contributed by atoms with Crippen molar-refractivity contribution < 1.29 is 27.5 Å². The number of hydrogen-bond donors (Lipinski definition) is 2. The molecule has 1 aliphatic heterocycles. The predicted octanol–water partition coefficient (Wildman–Crippen LogP) is 1.94. The van der Waals surface area contributed by atoms with Gasteiger partial charge in [0.1, 0.15) is 5.82 Å². The number of halogens is 4. The lowest BCUT2D eigenvalue weighted by Gasteiger charge is -2.33. The monoisotopic (exact) mass is 334 g/mol. The number of carbonyl (C=O) groups excluding carboxylic acids is 1. The van der Waals surface area contributed by atoms with Crippen LogP contribution in [0.3, 0.4) is 0 Å². The molecule has 1 aliphatic rings. The van der Waals surface area contributed by atoms with Gasteiger partial charge in [0.15, 0.2) is 6.10 Å². The average Bonchev–Trinajstić information content (AvgIpc) is 2.48. The maximum Gasteiger partial charge on any atom is 0.415 e. The molecule has 8 heteroatoms. The summed E-state index contributed by atoms with van der Waals surface area (Å²) in [5, 5.41) is 11.7. The van der Waals surface area contributed by atoms with Crippen LogP contribution in [0.4, 0.5) is 17.6 Å². The van der Waals surface area contributed by atoms with Crippen molar-refractivity contribution in [3.63, 3.8) is 0 Å². The minimum Gasteiger partial charge on any atom is -0.382 e. The zero-order valence-electron chi connectivity index (χ0n) is 12.3. The van der Waals surface area contributed by atoms with Crippen molar-refractivity contribution in [3.05, 3.63) is 35.6 Å². The average molecular weight is 334 g/mol. The highest BCUT2D eigenvalue weighted by atomic mass is 19.4. The number of alkyl halides is 3. The minimum absolute atomic E-state index is 0.0533. The molecule has 1 aromatic carbocycles. The molecular formula is C15H18F4N2O2. The van der Waals surface area contributed by atoms with Crippen LogP contribution in [0.25, 0.3) is 0 Å². The van der Waals surface area contributed by atoms with E-state index in [1.165, 1.54) is 23.1 Å². The Morgan fingerprint density at radius 2 is 1.91 bits per heavy atom. The fraction of sp³-hybridized carbons (Fsp3) is 0.533. The fourth-order valence-electron chi connectivity index (χ4n) is 2.52. The van der Waals surface area contributed by atoms with Crippen LogP contribution >= 0.6 is 0 Å². The quantitative estimate of drug-likeness (QED) is 0.828. The molecule has 0 saturated carbocycles. The molecule has 1 atom stereocenters. The van der Waals surface area contributed by atoms with Gasteiger partial charge in [0, 0.05) is 25.7 Å². The molecular weight excluding hydrogens is 316 g/mol. The van der Waals surface area contributed by atoms with Crippen molar-refractivity contribution in [1.82, 2.24) is 10.2 Å². The Kier molecular flexibility index (Phi) is 5.59. The molecule has 1 aromatic rings. The van der Waals surface area contributed by atoms with E-state index in [-0.39, 0.29) is 11.6 Å². The molecule has 1 heterocycles. The third kappa shape index (κ3) is 4.90. The number of amides is 1. The molecule has 2 N–H and O–H groups in total. The molecule has 0 aromatic heterocycles. The number of nitrogens with zero attached hydrogens (tertiary/aromatic N) is 1. The van der Waals surface area contributed by atoms with Gasteiger partial charge < -0.3 is 15.3 Å². The number of piperidine rings is 1. The highest BCUT2D eigenvalue weighted by Crippen LogP contribution is 2.22. The second-order valence-electron chi connectivity index (χ2n) is 5.59. The summed E-state index contributed by atoms with van der Waals surface area (Å²) in [6.45, 7) is 0.183.